The molecule has 4 heteroatoms. The van der Waals surface area contributed by atoms with Gasteiger partial charge in [0.2, 0.25) is 5.91 Å². The molecule has 1 aromatic rings. The highest BCUT2D eigenvalue weighted by molar-refractivity contribution is 6.31. The van der Waals surface area contributed by atoms with Gasteiger partial charge in [-0.25, -0.2) is 0 Å². The molecular formula is C17H25ClN2O. The molecule has 1 amide bonds. The van der Waals surface area contributed by atoms with Gasteiger partial charge in [-0.05, 0) is 43.7 Å². The molecule has 0 bridgehead atoms. The summed E-state index contributed by atoms with van der Waals surface area (Å²) in [6.07, 6.45) is 3.74. The number of halogens is 1. The smallest absolute Gasteiger partial charge is 0.221 e. The summed E-state index contributed by atoms with van der Waals surface area (Å²) in [5, 5.41) is 7.31. The van der Waals surface area contributed by atoms with Crippen molar-refractivity contribution in [3.05, 3.63) is 34.9 Å². The Morgan fingerprint density at radius 1 is 1.38 bits per heavy atom. The number of nitrogens with one attached hydrogen (secondary N) is 2. The van der Waals surface area contributed by atoms with E-state index in [4.69, 9.17) is 11.6 Å². The molecule has 0 heterocycles. The zero-order valence-corrected chi connectivity index (χ0v) is 13.6. The van der Waals surface area contributed by atoms with E-state index in [-0.39, 0.29) is 11.9 Å². The lowest BCUT2D eigenvalue weighted by Gasteiger charge is -2.36. The molecule has 0 radical (unpaired) electrons. The van der Waals surface area contributed by atoms with Gasteiger partial charge in [0.05, 0.1) is 0 Å². The van der Waals surface area contributed by atoms with E-state index in [1.807, 2.05) is 25.1 Å². The van der Waals surface area contributed by atoms with E-state index in [0.29, 0.717) is 18.4 Å². The van der Waals surface area contributed by atoms with Gasteiger partial charge in [0, 0.05) is 30.1 Å². The molecule has 0 saturated heterocycles. The molecule has 1 unspecified atom stereocenters. The molecule has 1 saturated carbocycles. The van der Waals surface area contributed by atoms with Crippen molar-refractivity contribution >= 4 is 17.5 Å². The first-order chi connectivity index (χ1) is 10.1. The second-order valence-electron chi connectivity index (χ2n) is 5.97. The van der Waals surface area contributed by atoms with E-state index in [1.54, 1.807) is 0 Å². The van der Waals surface area contributed by atoms with Crippen LogP contribution in [0, 0.1) is 0 Å². The monoisotopic (exact) mass is 308 g/mol. The van der Waals surface area contributed by atoms with Crippen LogP contribution in [-0.2, 0) is 4.79 Å². The number of carbonyl (C=O) groups excluding carboxylic acids is 1. The standard InChI is InChI=1S/C17H25ClN2O/c1-3-12(2)20-17(21)8-9-19-14-10-13(11-14)15-6-4-5-7-16(15)18/h4-7,12-14,19H,3,8-11H2,1-2H3,(H,20,21). The average molecular weight is 309 g/mol. The highest BCUT2D eigenvalue weighted by atomic mass is 35.5. The van der Waals surface area contributed by atoms with Gasteiger partial charge in [-0.1, -0.05) is 36.7 Å². The Kier molecular flexibility index (Phi) is 6.07. The van der Waals surface area contributed by atoms with Gasteiger partial charge in [-0.15, -0.1) is 0 Å². The lowest BCUT2D eigenvalue weighted by molar-refractivity contribution is -0.121. The fourth-order valence-corrected chi connectivity index (χ4v) is 2.97. The minimum atomic E-state index is 0.138. The van der Waals surface area contributed by atoms with Crippen molar-refractivity contribution in [1.29, 1.82) is 0 Å². The Morgan fingerprint density at radius 2 is 2.10 bits per heavy atom. The Morgan fingerprint density at radius 3 is 2.76 bits per heavy atom. The maximum Gasteiger partial charge on any atom is 0.221 e. The predicted molar refractivity (Wildman–Crippen MR) is 87.7 cm³/mol. The Hall–Kier alpha value is -1.06. The molecule has 1 aliphatic carbocycles. The van der Waals surface area contributed by atoms with Crippen LogP contribution in [0.3, 0.4) is 0 Å². The summed E-state index contributed by atoms with van der Waals surface area (Å²) < 4.78 is 0. The second kappa shape index (κ2) is 7.81. The van der Waals surface area contributed by atoms with Gasteiger partial charge < -0.3 is 10.6 Å². The number of hydrogen-bond donors (Lipinski definition) is 2. The molecule has 3 nitrogen and oxygen atoms in total. The van der Waals surface area contributed by atoms with E-state index in [9.17, 15) is 4.79 Å². The fraction of sp³-hybridized carbons (Fsp3) is 0.588. The molecule has 1 fully saturated rings. The summed E-state index contributed by atoms with van der Waals surface area (Å²) in [5.41, 5.74) is 1.26. The summed E-state index contributed by atoms with van der Waals surface area (Å²) in [4.78, 5) is 11.7. The van der Waals surface area contributed by atoms with E-state index >= 15 is 0 Å². The normalized spacial score (nSPS) is 22.4. The summed E-state index contributed by atoms with van der Waals surface area (Å²) in [5.74, 6) is 0.698. The lowest BCUT2D eigenvalue weighted by atomic mass is 9.76. The van der Waals surface area contributed by atoms with Gasteiger partial charge in [0.15, 0.2) is 0 Å². The molecule has 21 heavy (non-hydrogen) atoms. The Balaban J connectivity index is 1.63. The van der Waals surface area contributed by atoms with Crippen LogP contribution in [0.4, 0.5) is 0 Å². The highest BCUT2D eigenvalue weighted by Crippen LogP contribution is 2.39. The first kappa shape index (κ1) is 16.3. The van der Waals surface area contributed by atoms with E-state index < -0.39 is 0 Å². The molecule has 1 atom stereocenters. The number of hydrogen-bond acceptors (Lipinski definition) is 2. The van der Waals surface area contributed by atoms with Crippen molar-refractivity contribution in [3.63, 3.8) is 0 Å². The molecule has 1 aliphatic rings. The van der Waals surface area contributed by atoms with Crippen molar-refractivity contribution in [2.24, 2.45) is 0 Å². The van der Waals surface area contributed by atoms with Crippen molar-refractivity contribution in [1.82, 2.24) is 10.6 Å². The van der Waals surface area contributed by atoms with Crippen molar-refractivity contribution < 1.29 is 4.79 Å². The largest absolute Gasteiger partial charge is 0.354 e. The summed E-state index contributed by atoms with van der Waals surface area (Å²) >= 11 is 6.21. The quantitative estimate of drug-likeness (QED) is 0.809. The minimum absolute atomic E-state index is 0.138. The third kappa shape index (κ3) is 4.72. The van der Waals surface area contributed by atoms with Crippen molar-refractivity contribution in [2.75, 3.05) is 6.54 Å². The molecule has 0 spiro atoms. The summed E-state index contributed by atoms with van der Waals surface area (Å²) in [6, 6.07) is 8.87. The minimum Gasteiger partial charge on any atom is -0.354 e. The van der Waals surface area contributed by atoms with Crippen LogP contribution in [-0.4, -0.2) is 24.5 Å². The zero-order valence-electron chi connectivity index (χ0n) is 12.9. The van der Waals surface area contributed by atoms with E-state index in [1.165, 1.54) is 5.56 Å². The third-order valence-electron chi connectivity index (χ3n) is 4.29. The first-order valence-electron chi connectivity index (χ1n) is 7.87. The summed E-state index contributed by atoms with van der Waals surface area (Å²) in [7, 11) is 0. The lowest BCUT2D eigenvalue weighted by Crippen LogP contribution is -2.42. The van der Waals surface area contributed by atoms with Crippen LogP contribution in [0.25, 0.3) is 0 Å². The predicted octanol–water partition coefficient (Wildman–Crippen LogP) is 3.48. The number of benzene rings is 1. The van der Waals surface area contributed by atoms with Crippen LogP contribution in [0.1, 0.15) is 51.0 Å². The third-order valence-corrected chi connectivity index (χ3v) is 4.63. The molecule has 2 N–H and O–H groups in total. The second-order valence-corrected chi connectivity index (χ2v) is 6.37. The van der Waals surface area contributed by atoms with Crippen molar-refractivity contribution in [3.8, 4) is 0 Å². The van der Waals surface area contributed by atoms with Crippen LogP contribution in [0.5, 0.6) is 0 Å². The van der Waals surface area contributed by atoms with Gasteiger partial charge >= 0.3 is 0 Å². The van der Waals surface area contributed by atoms with E-state index in [2.05, 4.69) is 23.6 Å². The topological polar surface area (TPSA) is 41.1 Å². The molecule has 116 valence electrons. The maximum atomic E-state index is 11.7. The fourth-order valence-electron chi connectivity index (χ4n) is 2.68. The SMILES string of the molecule is CCC(C)NC(=O)CCNC1CC(c2ccccc2Cl)C1. The van der Waals surface area contributed by atoms with Crippen LogP contribution in [0.2, 0.25) is 5.02 Å². The van der Waals surface area contributed by atoms with Gasteiger partial charge in [-0.2, -0.15) is 0 Å². The van der Waals surface area contributed by atoms with E-state index in [0.717, 1.165) is 30.8 Å². The number of amides is 1. The van der Waals surface area contributed by atoms with Gasteiger partial charge in [-0.3, -0.25) is 4.79 Å². The van der Waals surface area contributed by atoms with Crippen LogP contribution < -0.4 is 10.6 Å². The van der Waals surface area contributed by atoms with Crippen LogP contribution >= 0.6 is 11.6 Å². The van der Waals surface area contributed by atoms with Gasteiger partial charge in [0.1, 0.15) is 0 Å². The first-order valence-corrected chi connectivity index (χ1v) is 8.25. The van der Waals surface area contributed by atoms with Crippen molar-refractivity contribution in [2.45, 2.75) is 57.5 Å². The number of rotatable bonds is 7. The molecule has 2 rings (SSSR count). The molecule has 0 aliphatic heterocycles. The Labute approximate surface area is 132 Å². The maximum absolute atomic E-state index is 11.7. The number of carbonyl (C=O) groups is 1. The molecule has 0 aromatic heterocycles. The van der Waals surface area contributed by atoms with Crippen LogP contribution in [0.15, 0.2) is 24.3 Å². The highest BCUT2D eigenvalue weighted by Gasteiger charge is 2.30. The molecular weight excluding hydrogens is 284 g/mol. The summed E-state index contributed by atoms with van der Waals surface area (Å²) in [6.45, 7) is 4.86. The molecule has 1 aromatic carbocycles. The van der Waals surface area contributed by atoms with Gasteiger partial charge in [0.25, 0.3) is 0 Å². The Bertz CT molecular complexity index is 472. The average Bonchev–Trinajstić information content (AvgIpc) is 2.42. The zero-order chi connectivity index (χ0) is 15.2.